The second kappa shape index (κ2) is 10.8. The van der Waals surface area contributed by atoms with Crippen LogP contribution in [0.2, 0.25) is 0 Å². The zero-order valence-corrected chi connectivity index (χ0v) is 29.8. The molecule has 0 spiro atoms. The van der Waals surface area contributed by atoms with Gasteiger partial charge in [0.25, 0.3) is 0 Å². The minimum absolute atomic E-state index is 0.370. The van der Waals surface area contributed by atoms with Gasteiger partial charge in [-0.3, -0.25) is 4.89 Å². The average Bonchev–Trinajstić information content (AvgIpc) is 3.18. The first-order valence-electron chi connectivity index (χ1n) is 16.2. The predicted octanol–water partition coefficient (Wildman–Crippen LogP) is 11.9. The molecule has 0 atom stereocenters. The lowest BCUT2D eigenvalue weighted by molar-refractivity contribution is 0.295. The number of benzene rings is 6. The van der Waals surface area contributed by atoms with Crippen molar-refractivity contribution in [1.29, 1.82) is 0 Å². The largest absolute Gasteiger partial charge is 0.584 e. The highest BCUT2D eigenvalue weighted by molar-refractivity contribution is 7.48. The van der Waals surface area contributed by atoms with Crippen LogP contribution in [0.25, 0.3) is 54.9 Å². The normalized spacial score (nSPS) is 13.6. The van der Waals surface area contributed by atoms with Crippen molar-refractivity contribution in [1.82, 2.24) is 0 Å². The van der Waals surface area contributed by atoms with Crippen LogP contribution in [-0.2, 0) is 4.57 Å². The summed E-state index contributed by atoms with van der Waals surface area (Å²) >= 11 is 0. The molecule has 0 radical (unpaired) electrons. The number of hydrogen-bond acceptors (Lipinski definition) is 3. The summed E-state index contributed by atoms with van der Waals surface area (Å²) < 4.78 is 26.8. The number of hydrogen-bond donors (Lipinski definition) is 1. The van der Waals surface area contributed by atoms with E-state index in [2.05, 4.69) is 106 Å². The van der Waals surface area contributed by atoms with Gasteiger partial charge in [0.05, 0.1) is 0 Å². The van der Waals surface area contributed by atoms with Crippen LogP contribution in [0.15, 0.2) is 60.7 Å². The maximum atomic E-state index is 14.2. The Kier molecular flexibility index (Phi) is 7.20. The van der Waals surface area contributed by atoms with Crippen LogP contribution in [0.4, 0.5) is 0 Å². The van der Waals surface area contributed by atoms with E-state index in [9.17, 15) is 9.46 Å². The molecule has 4 nitrogen and oxygen atoms in total. The van der Waals surface area contributed by atoms with Gasteiger partial charge in [-0.1, -0.05) is 48.5 Å². The third kappa shape index (κ3) is 4.57. The highest BCUT2D eigenvalue weighted by Crippen LogP contribution is 2.62. The molecule has 0 amide bonds. The Morgan fingerprint density at radius 2 is 0.745 bits per heavy atom. The smallest absolute Gasteiger partial charge is 0.394 e. The third-order valence-electron chi connectivity index (χ3n) is 11.2. The van der Waals surface area contributed by atoms with Crippen LogP contribution in [0, 0.1) is 69.2 Å². The monoisotopic (exact) mass is 640 g/mol. The number of phosphoric ester groups is 1. The Bertz CT molecular complexity index is 2180. The second-order valence-corrected chi connectivity index (χ2v) is 14.7. The van der Waals surface area contributed by atoms with Crippen molar-refractivity contribution in [3.8, 4) is 44.9 Å². The van der Waals surface area contributed by atoms with Gasteiger partial charge in [0.2, 0.25) is 0 Å². The van der Waals surface area contributed by atoms with E-state index in [0.29, 0.717) is 11.5 Å². The fourth-order valence-electron chi connectivity index (χ4n) is 7.77. The van der Waals surface area contributed by atoms with E-state index < -0.39 is 7.82 Å². The van der Waals surface area contributed by atoms with E-state index in [1.54, 1.807) is 0 Å². The van der Waals surface area contributed by atoms with Gasteiger partial charge < -0.3 is 9.05 Å². The third-order valence-corrected chi connectivity index (χ3v) is 12.0. The summed E-state index contributed by atoms with van der Waals surface area (Å²) in [5.74, 6) is 0.739. The first kappa shape index (κ1) is 31.2. The fourth-order valence-corrected chi connectivity index (χ4v) is 8.65. The van der Waals surface area contributed by atoms with Crippen molar-refractivity contribution in [2.75, 3.05) is 0 Å². The van der Waals surface area contributed by atoms with Crippen LogP contribution < -0.4 is 9.05 Å². The zero-order chi connectivity index (χ0) is 33.7. The lowest BCUT2D eigenvalue weighted by atomic mass is 9.81. The average molecular weight is 641 g/mol. The van der Waals surface area contributed by atoms with Crippen LogP contribution in [0.5, 0.6) is 11.5 Å². The van der Waals surface area contributed by atoms with Gasteiger partial charge in [-0.25, -0.2) is 4.57 Å². The minimum atomic E-state index is -4.67. The molecule has 0 saturated heterocycles. The molecule has 6 aromatic rings. The van der Waals surface area contributed by atoms with E-state index in [1.807, 2.05) is 24.3 Å². The van der Waals surface area contributed by atoms with Crippen molar-refractivity contribution < 1.29 is 18.5 Å². The van der Waals surface area contributed by atoms with E-state index in [0.717, 1.165) is 77.2 Å². The Balaban J connectivity index is 1.75. The fraction of sp³-hybridized carbons (Fsp3) is 0.238. The van der Waals surface area contributed by atoms with Crippen molar-refractivity contribution in [3.05, 3.63) is 116 Å². The Labute approximate surface area is 277 Å². The Morgan fingerprint density at radius 3 is 1.09 bits per heavy atom. The number of rotatable bonds is 2. The zero-order valence-electron chi connectivity index (χ0n) is 28.9. The first-order valence-corrected chi connectivity index (χ1v) is 17.7. The van der Waals surface area contributed by atoms with Gasteiger partial charge in [-0.05, 0) is 170 Å². The molecule has 0 aromatic heterocycles. The number of fused-ring (bicyclic) bond motifs is 7. The molecule has 0 unspecified atom stereocenters. The molecular weight excluding hydrogens is 599 g/mol. The molecule has 0 bridgehead atoms. The molecule has 47 heavy (non-hydrogen) atoms. The summed E-state index contributed by atoms with van der Waals surface area (Å²) in [4.78, 5) is 11.6. The molecule has 0 aliphatic carbocycles. The van der Waals surface area contributed by atoms with Gasteiger partial charge in [0, 0.05) is 22.3 Å². The molecule has 7 rings (SSSR count). The lowest BCUT2D eigenvalue weighted by Crippen LogP contribution is -2.04. The van der Waals surface area contributed by atoms with Gasteiger partial charge in [-0.2, -0.15) is 0 Å². The number of phosphoric acid groups is 1. The van der Waals surface area contributed by atoms with Crippen molar-refractivity contribution >= 4 is 29.4 Å². The topological polar surface area (TPSA) is 55.8 Å². The summed E-state index contributed by atoms with van der Waals surface area (Å²) in [6.45, 7) is 21.4. The molecule has 6 aromatic carbocycles. The highest BCUT2D eigenvalue weighted by atomic mass is 31.2. The summed E-state index contributed by atoms with van der Waals surface area (Å²) in [6, 6.07) is 20.7. The predicted molar refractivity (Wildman–Crippen MR) is 196 cm³/mol. The van der Waals surface area contributed by atoms with Crippen LogP contribution in [0.1, 0.15) is 55.6 Å². The maximum Gasteiger partial charge on any atom is 0.584 e. The summed E-state index contributed by atoms with van der Waals surface area (Å²) in [6.07, 6.45) is 0. The van der Waals surface area contributed by atoms with Crippen molar-refractivity contribution in [2.24, 2.45) is 0 Å². The van der Waals surface area contributed by atoms with E-state index in [4.69, 9.17) is 9.05 Å². The standard InChI is InChI=1S/C42H41O4P/c1-21-23(3)27(7)37(28(8)24(21)4)35-19-31-15-11-13-17-33(31)39-40-34-18-14-12-16-32(34)20-36(42(40)46-47(43,44)45-41(35)39)38-29(9)25(5)22(2)26(6)30(38)10/h11-20H,1-10H3,(H,43,44). The molecule has 0 fully saturated rings. The SMILES string of the molecule is Cc1c(C)c(C)c(-c2cc3ccccc3c3c2OP(=O)(O)Oc2c(-c4c(C)c(C)c(C)c(C)c4C)cc4ccccc4c2-3)c(C)c1C. The van der Waals surface area contributed by atoms with Gasteiger partial charge in [0.15, 0.2) is 0 Å². The summed E-state index contributed by atoms with van der Waals surface area (Å²) in [7, 11) is -4.67. The molecule has 5 heteroatoms. The molecule has 1 aliphatic rings. The Hall–Kier alpha value is -4.37. The maximum absolute atomic E-state index is 14.2. The molecule has 1 heterocycles. The van der Waals surface area contributed by atoms with Gasteiger partial charge in [0.1, 0.15) is 11.5 Å². The van der Waals surface area contributed by atoms with Gasteiger partial charge >= 0.3 is 7.82 Å². The second-order valence-electron chi connectivity index (χ2n) is 13.3. The molecular formula is C42H41O4P. The molecule has 1 N–H and O–H groups in total. The van der Waals surface area contributed by atoms with Crippen molar-refractivity contribution in [3.63, 3.8) is 0 Å². The molecule has 0 saturated carbocycles. The van der Waals surface area contributed by atoms with Crippen LogP contribution >= 0.6 is 7.82 Å². The van der Waals surface area contributed by atoms with E-state index >= 15 is 0 Å². The molecule has 1 aliphatic heterocycles. The quantitative estimate of drug-likeness (QED) is 0.191. The first-order chi connectivity index (χ1) is 22.2. The van der Waals surface area contributed by atoms with Gasteiger partial charge in [-0.15, -0.1) is 0 Å². The van der Waals surface area contributed by atoms with Crippen LogP contribution in [0.3, 0.4) is 0 Å². The van der Waals surface area contributed by atoms with Crippen molar-refractivity contribution in [2.45, 2.75) is 69.2 Å². The minimum Gasteiger partial charge on any atom is -0.394 e. The van der Waals surface area contributed by atoms with E-state index in [1.165, 1.54) is 33.4 Å². The van der Waals surface area contributed by atoms with Crippen LogP contribution in [-0.4, -0.2) is 4.89 Å². The highest BCUT2D eigenvalue weighted by Gasteiger charge is 2.38. The molecule has 238 valence electrons. The lowest BCUT2D eigenvalue weighted by Gasteiger charge is -2.24. The summed E-state index contributed by atoms with van der Waals surface area (Å²) in [5.41, 5.74) is 17.0. The summed E-state index contributed by atoms with van der Waals surface area (Å²) in [5, 5.41) is 3.90. The van der Waals surface area contributed by atoms with E-state index in [-0.39, 0.29) is 0 Å². The Morgan fingerprint density at radius 1 is 0.447 bits per heavy atom.